The fourth-order valence-electron chi connectivity index (χ4n) is 1.19. The van der Waals surface area contributed by atoms with Crippen LogP contribution in [0.25, 0.3) is 0 Å². The maximum Gasteiger partial charge on any atom is 0.177 e. The zero-order valence-electron chi connectivity index (χ0n) is 11.3. The lowest BCUT2D eigenvalue weighted by atomic mass is 10.1. The van der Waals surface area contributed by atoms with Crippen molar-refractivity contribution in [2.75, 3.05) is 0 Å². The number of nitrogens with zero attached hydrogens (tertiary/aromatic N) is 3. The van der Waals surface area contributed by atoms with Crippen molar-refractivity contribution in [2.45, 2.75) is 52.5 Å². The van der Waals surface area contributed by atoms with Gasteiger partial charge in [0.15, 0.2) is 10.8 Å². The largest absolute Gasteiger partial charge is 0.328 e. The molecule has 1 heterocycles. The number of nitrogens with two attached hydrogens (primary N) is 1. The first-order chi connectivity index (χ1) is 8.54. The van der Waals surface area contributed by atoms with Gasteiger partial charge in [-0.25, -0.2) is 9.97 Å². The summed E-state index contributed by atoms with van der Waals surface area (Å²) < 4.78 is 0. The van der Waals surface area contributed by atoms with Crippen LogP contribution in [0.2, 0.25) is 5.15 Å². The molecule has 0 radical (unpaired) electrons. The summed E-state index contributed by atoms with van der Waals surface area (Å²) >= 11 is 5.53. The average Bonchev–Trinajstić information content (AvgIpc) is 2.36. The molecular formula is C13H21ClN4. The molecule has 2 N–H and O–H groups in total. The van der Waals surface area contributed by atoms with Gasteiger partial charge in [0.25, 0.3) is 0 Å². The minimum Gasteiger partial charge on any atom is -0.328 e. The molecule has 0 aromatic carbocycles. The Morgan fingerprint density at radius 2 is 2.17 bits per heavy atom. The Kier molecular flexibility index (Phi) is 9.17. The Hall–Kier alpha value is -1.18. The van der Waals surface area contributed by atoms with E-state index < -0.39 is 0 Å². The van der Waals surface area contributed by atoms with Gasteiger partial charge in [-0.2, -0.15) is 5.26 Å². The van der Waals surface area contributed by atoms with Crippen LogP contribution in [-0.2, 0) is 0 Å². The van der Waals surface area contributed by atoms with E-state index in [1.807, 2.05) is 6.07 Å². The minimum absolute atomic E-state index is 0.169. The highest BCUT2D eigenvalue weighted by Crippen LogP contribution is 2.07. The predicted octanol–water partition coefficient (Wildman–Crippen LogP) is 3.22. The first kappa shape index (κ1) is 16.8. The predicted molar refractivity (Wildman–Crippen MR) is 74.3 cm³/mol. The molecule has 0 bridgehead atoms. The highest BCUT2D eigenvalue weighted by atomic mass is 35.5. The molecule has 100 valence electrons. The second-order valence-corrected chi connectivity index (χ2v) is 4.43. The van der Waals surface area contributed by atoms with Gasteiger partial charge in [0.2, 0.25) is 0 Å². The molecular weight excluding hydrogens is 248 g/mol. The normalized spacial score (nSPS) is 11.1. The summed E-state index contributed by atoms with van der Waals surface area (Å²) in [5.41, 5.74) is 6.54. The van der Waals surface area contributed by atoms with Gasteiger partial charge < -0.3 is 5.73 Å². The van der Waals surface area contributed by atoms with Gasteiger partial charge in [-0.15, -0.1) is 0 Å². The zero-order valence-corrected chi connectivity index (χ0v) is 12.0. The first-order valence-electron chi connectivity index (χ1n) is 6.19. The van der Waals surface area contributed by atoms with Gasteiger partial charge in [-0.05, 0) is 19.8 Å². The van der Waals surface area contributed by atoms with E-state index in [2.05, 4.69) is 23.8 Å². The molecule has 4 nitrogen and oxygen atoms in total. The quantitative estimate of drug-likeness (QED) is 0.910. The monoisotopic (exact) mass is 268 g/mol. The van der Waals surface area contributed by atoms with Crippen molar-refractivity contribution < 1.29 is 0 Å². The van der Waals surface area contributed by atoms with Crippen LogP contribution in [0.1, 0.15) is 50.9 Å². The molecule has 1 atom stereocenters. The number of halogens is 1. The Labute approximate surface area is 114 Å². The Balaban J connectivity index is 0.000000331. The molecule has 0 saturated heterocycles. The number of hydrogen-bond donors (Lipinski definition) is 1. The van der Waals surface area contributed by atoms with E-state index >= 15 is 0 Å². The molecule has 0 fully saturated rings. The van der Waals surface area contributed by atoms with Crippen LogP contribution >= 0.6 is 11.6 Å². The minimum atomic E-state index is 0.169. The lowest BCUT2D eigenvalue weighted by Crippen LogP contribution is -2.17. The summed E-state index contributed by atoms with van der Waals surface area (Å²) in [7, 11) is 0. The van der Waals surface area contributed by atoms with E-state index in [9.17, 15) is 0 Å². The standard InChI is InChI=1S/C7H17N.C6H4ClN3/c1-3-5-6-7(8)4-2;1-4-3-9-5(2-8)6(7)10-4/h7H,3-6,8H2,1-2H3;3H,1H3. The summed E-state index contributed by atoms with van der Waals surface area (Å²) in [6, 6.07) is 2.27. The molecule has 1 unspecified atom stereocenters. The lowest BCUT2D eigenvalue weighted by Gasteiger charge is -2.04. The van der Waals surface area contributed by atoms with Crippen molar-refractivity contribution in [3.63, 3.8) is 0 Å². The van der Waals surface area contributed by atoms with Crippen molar-refractivity contribution in [1.29, 1.82) is 5.26 Å². The van der Waals surface area contributed by atoms with Gasteiger partial charge in [-0.3, -0.25) is 0 Å². The fourth-order valence-corrected chi connectivity index (χ4v) is 1.42. The third-order valence-electron chi connectivity index (χ3n) is 2.41. The molecule has 0 aliphatic rings. The van der Waals surface area contributed by atoms with Gasteiger partial charge in [0, 0.05) is 12.2 Å². The molecule has 1 rings (SSSR count). The smallest absolute Gasteiger partial charge is 0.177 e. The van der Waals surface area contributed by atoms with Crippen LogP contribution in [0.3, 0.4) is 0 Å². The van der Waals surface area contributed by atoms with Crippen molar-refractivity contribution in [1.82, 2.24) is 9.97 Å². The Morgan fingerprint density at radius 1 is 1.50 bits per heavy atom. The number of aryl methyl sites for hydroxylation is 1. The summed E-state index contributed by atoms with van der Waals surface area (Å²) in [5, 5.41) is 8.54. The van der Waals surface area contributed by atoms with Crippen LogP contribution in [0.15, 0.2) is 6.20 Å². The highest BCUT2D eigenvalue weighted by molar-refractivity contribution is 6.30. The van der Waals surface area contributed by atoms with Crippen LogP contribution < -0.4 is 5.73 Å². The summed E-state index contributed by atoms with van der Waals surface area (Å²) in [4.78, 5) is 7.57. The molecule has 0 aliphatic carbocycles. The Morgan fingerprint density at radius 3 is 2.61 bits per heavy atom. The molecule has 0 spiro atoms. The molecule has 0 saturated carbocycles. The Bertz CT molecular complexity index is 387. The number of rotatable bonds is 4. The van der Waals surface area contributed by atoms with Gasteiger partial charge in [0.05, 0.1) is 5.69 Å². The molecule has 1 aromatic heterocycles. The van der Waals surface area contributed by atoms with Crippen molar-refractivity contribution in [3.8, 4) is 6.07 Å². The maximum absolute atomic E-state index is 8.37. The second kappa shape index (κ2) is 9.81. The average molecular weight is 269 g/mol. The zero-order chi connectivity index (χ0) is 14.0. The van der Waals surface area contributed by atoms with Crippen molar-refractivity contribution in [2.24, 2.45) is 5.73 Å². The summed E-state index contributed by atoms with van der Waals surface area (Å²) in [5.74, 6) is 0. The maximum atomic E-state index is 8.37. The fraction of sp³-hybridized carbons (Fsp3) is 0.615. The van der Waals surface area contributed by atoms with Crippen LogP contribution in [-0.4, -0.2) is 16.0 Å². The summed E-state index contributed by atoms with van der Waals surface area (Å²) in [6.07, 6.45) is 6.39. The van der Waals surface area contributed by atoms with Crippen LogP contribution in [0, 0.1) is 18.3 Å². The van der Waals surface area contributed by atoms with E-state index in [0.29, 0.717) is 11.7 Å². The van der Waals surface area contributed by atoms with Crippen molar-refractivity contribution in [3.05, 3.63) is 22.7 Å². The van der Waals surface area contributed by atoms with Crippen LogP contribution in [0.5, 0.6) is 0 Å². The lowest BCUT2D eigenvalue weighted by molar-refractivity contribution is 0.562. The van der Waals surface area contributed by atoms with E-state index in [-0.39, 0.29) is 10.8 Å². The van der Waals surface area contributed by atoms with Gasteiger partial charge in [-0.1, -0.05) is 38.3 Å². The molecule has 0 amide bonds. The summed E-state index contributed by atoms with van der Waals surface area (Å²) in [6.45, 7) is 6.10. The SMILES string of the molecule is CCCCC(N)CC.Cc1cnc(C#N)c(Cl)n1. The van der Waals surface area contributed by atoms with E-state index in [4.69, 9.17) is 22.6 Å². The molecule has 18 heavy (non-hydrogen) atoms. The van der Waals surface area contributed by atoms with Gasteiger partial charge >= 0.3 is 0 Å². The van der Waals surface area contributed by atoms with Gasteiger partial charge in [0.1, 0.15) is 6.07 Å². The van der Waals surface area contributed by atoms with Crippen molar-refractivity contribution >= 4 is 11.6 Å². The van der Waals surface area contributed by atoms with Crippen LogP contribution in [0.4, 0.5) is 0 Å². The molecule has 1 aromatic rings. The number of aromatic nitrogens is 2. The van der Waals surface area contributed by atoms with E-state index in [1.54, 1.807) is 6.92 Å². The topological polar surface area (TPSA) is 75.6 Å². The van der Waals surface area contributed by atoms with E-state index in [1.165, 1.54) is 25.5 Å². The second-order valence-electron chi connectivity index (χ2n) is 4.07. The highest BCUT2D eigenvalue weighted by Gasteiger charge is 2.00. The van der Waals surface area contributed by atoms with E-state index in [0.717, 1.165) is 6.42 Å². The number of unbranched alkanes of at least 4 members (excludes halogenated alkanes) is 1. The third-order valence-corrected chi connectivity index (χ3v) is 2.67. The first-order valence-corrected chi connectivity index (χ1v) is 6.57. The number of hydrogen-bond acceptors (Lipinski definition) is 4. The molecule has 5 heteroatoms. The third kappa shape index (κ3) is 7.21. The molecule has 0 aliphatic heterocycles. The number of nitriles is 1.